The Hall–Kier alpha value is -0.890. The van der Waals surface area contributed by atoms with Crippen molar-refractivity contribution in [3.63, 3.8) is 0 Å². The first-order valence-corrected chi connectivity index (χ1v) is 4.38. The highest BCUT2D eigenvalue weighted by Gasteiger charge is 2.29. The Labute approximate surface area is 78.2 Å². The lowest BCUT2D eigenvalue weighted by Crippen LogP contribution is -2.23. The summed E-state index contributed by atoms with van der Waals surface area (Å²) in [5.74, 6) is 0. The Balaban J connectivity index is 2.85. The van der Waals surface area contributed by atoms with Crippen molar-refractivity contribution in [3.8, 4) is 0 Å². The lowest BCUT2D eigenvalue weighted by Gasteiger charge is -2.26. The largest absolute Gasteiger partial charge is 0.396 e. The molecule has 0 bridgehead atoms. The van der Waals surface area contributed by atoms with Gasteiger partial charge in [-0.15, -0.1) is 0 Å². The summed E-state index contributed by atoms with van der Waals surface area (Å²) in [6.45, 7) is 3.28. The second-order valence-electron chi connectivity index (χ2n) is 3.92. The third kappa shape index (κ3) is 2.28. The van der Waals surface area contributed by atoms with Gasteiger partial charge in [0.05, 0.1) is 6.61 Å². The normalized spacial score (nSPS) is 14.2. The zero-order chi connectivity index (χ0) is 9.90. The number of rotatable bonds is 3. The number of halogens is 1. The van der Waals surface area contributed by atoms with E-state index in [4.69, 9.17) is 5.11 Å². The van der Waals surface area contributed by atoms with E-state index in [1.807, 2.05) is 6.07 Å². The van der Waals surface area contributed by atoms with Gasteiger partial charge in [0.2, 0.25) is 0 Å². The molecule has 0 saturated heterocycles. The highest BCUT2D eigenvalue weighted by Crippen LogP contribution is 2.35. The molecular formula is C11H15FO. The van der Waals surface area contributed by atoms with Gasteiger partial charge in [0.1, 0.15) is 6.17 Å². The zero-order valence-corrected chi connectivity index (χ0v) is 8.00. The lowest BCUT2D eigenvalue weighted by atomic mass is 9.85. The maximum atomic E-state index is 13.8. The molecule has 0 aliphatic rings. The van der Waals surface area contributed by atoms with Crippen LogP contribution in [0.3, 0.4) is 0 Å². The molecule has 1 rings (SSSR count). The average Bonchev–Trinajstić information content (AvgIpc) is 2.18. The minimum Gasteiger partial charge on any atom is -0.396 e. The smallest absolute Gasteiger partial charge is 0.132 e. The van der Waals surface area contributed by atoms with Crippen molar-refractivity contribution >= 4 is 0 Å². The Bertz CT molecular complexity index is 256. The van der Waals surface area contributed by atoms with Crippen LogP contribution in [0.15, 0.2) is 30.3 Å². The maximum absolute atomic E-state index is 13.8. The van der Waals surface area contributed by atoms with Crippen LogP contribution in [-0.2, 0) is 0 Å². The Morgan fingerprint density at radius 1 is 1.31 bits per heavy atom. The summed E-state index contributed by atoms with van der Waals surface area (Å²) in [7, 11) is 0. The minimum absolute atomic E-state index is 0.150. The third-order valence-corrected chi connectivity index (χ3v) is 2.19. The molecule has 0 aromatic heterocycles. The van der Waals surface area contributed by atoms with Gasteiger partial charge in [-0.2, -0.15) is 0 Å². The molecule has 0 saturated carbocycles. The van der Waals surface area contributed by atoms with Crippen molar-refractivity contribution < 1.29 is 9.50 Å². The molecule has 0 amide bonds. The van der Waals surface area contributed by atoms with Crippen LogP contribution in [0.25, 0.3) is 0 Å². The fourth-order valence-corrected chi connectivity index (χ4v) is 1.15. The van der Waals surface area contributed by atoms with E-state index >= 15 is 0 Å². The van der Waals surface area contributed by atoms with Crippen LogP contribution in [0.5, 0.6) is 0 Å². The number of hydrogen-bond acceptors (Lipinski definition) is 1. The van der Waals surface area contributed by atoms with Crippen molar-refractivity contribution in [3.05, 3.63) is 35.9 Å². The van der Waals surface area contributed by atoms with E-state index in [0.717, 1.165) is 0 Å². The zero-order valence-electron chi connectivity index (χ0n) is 8.00. The van der Waals surface area contributed by atoms with Crippen molar-refractivity contribution in [2.75, 3.05) is 6.61 Å². The molecule has 1 atom stereocenters. The SMILES string of the molecule is CC(C)(CO)C(F)c1ccccc1. The first-order chi connectivity index (χ1) is 6.08. The Morgan fingerprint density at radius 2 is 1.85 bits per heavy atom. The number of hydrogen-bond donors (Lipinski definition) is 1. The fraction of sp³-hybridized carbons (Fsp3) is 0.455. The molecule has 0 spiro atoms. The second kappa shape index (κ2) is 3.88. The highest BCUT2D eigenvalue weighted by atomic mass is 19.1. The first-order valence-electron chi connectivity index (χ1n) is 4.38. The molecule has 0 heterocycles. The van der Waals surface area contributed by atoms with Gasteiger partial charge in [0, 0.05) is 5.41 Å². The van der Waals surface area contributed by atoms with E-state index in [0.29, 0.717) is 5.56 Å². The number of aliphatic hydroxyl groups excluding tert-OH is 1. The molecular weight excluding hydrogens is 167 g/mol. The van der Waals surface area contributed by atoms with Crippen LogP contribution in [0, 0.1) is 5.41 Å². The molecule has 72 valence electrons. The first kappa shape index (κ1) is 10.2. The number of alkyl halides is 1. The van der Waals surface area contributed by atoms with Crippen LogP contribution in [-0.4, -0.2) is 11.7 Å². The monoisotopic (exact) mass is 182 g/mol. The standard InChI is InChI=1S/C11H15FO/c1-11(2,8-13)10(12)9-6-4-3-5-7-9/h3-7,10,13H,8H2,1-2H3. The van der Waals surface area contributed by atoms with Crippen molar-refractivity contribution in [2.24, 2.45) is 5.41 Å². The number of benzene rings is 1. The van der Waals surface area contributed by atoms with Crippen LogP contribution >= 0.6 is 0 Å². The van der Waals surface area contributed by atoms with Gasteiger partial charge in [-0.25, -0.2) is 4.39 Å². The van der Waals surface area contributed by atoms with Gasteiger partial charge in [0.15, 0.2) is 0 Å². The van der Waals surface area contributed by atoms with Crippen molar-refractivity contribution in [1.82, 2.24) is 0 Å². The summed E-state index contributed by atoms with van der Waals surface area (Å²) < 4.78 is 13.8. The summed E-state index contributed by atoms with van der Waals surface area (Å²) in [5.41, 5.74) is -0.0806. The summed E-state index contributed by atoms with van der Waals surface area (Å²) in [5, 5.41) is 8.99. The van der Waals surface area contributed by atoms with Crippen molar-refractivity contribution in [2.45, 2.75) is 20.0 Å². The molecule has 1 N–H and O–H groups in total. The topological polar surface area (TPSA) is 20.2 Å². The summed E-state index contributed by atoms with van der Waals surface area (Å²) in [6.07, 6.45) is -1.11. The van der Waals surface area contributed by atoms with E-state index < -0.39 is 11.6 Å². The average molecular weight is 182 g/mol. The molecule has 1 unspecified atom stereocenters. The predicted octanol–water partition coefficient (Wildman–Crippen LogP) is 2.72. The van der Waals surface area contributed by atoms with Gasteiger partial charge >= 0.3 is 0 Å². The molecule has 13 heavy (non-hydrogen) atoms. The Kier molecular flexibility index (Phi) is 3.04. The summed E-state index contributed by atoms with van der Waals surface area (Å²) >= 11 is 0. The summed E-state index contributed by atoms with van der Waals surface area (Å²) in [6, 6.07) is 8.93. The molecule has 0 radical (unpaired) electrons. The maximum Gasteiger partial charge on any atom is 0.132 e. The molecule has 1 nitrogen and oxygen atoms in total. The molecule has 1 aromatic carbocycles. The van der Waals surface area contributed by atoms with Crippen LogP contribution in [0.4, 0.5) is 4.39 Å². The molecule has 2 heteroatoms. The second-order valence-corrected chi connectivity index (χ2v) is 3.92. The van der Waals surface area contributed by atoms with E-state index in [1.165, 1.54) is 0 Å². The molecule has 1 aromatic rings. The van der Waals surface area contributed by atoms with E-state index in [9.17, 15) is 4.39 Å². The molecule has 0 fully saturated rings. The van der Waals surface area contributed by atoms with Gasteiger partial charge in [-0.3, -0.25) is 0 Å². The van der Waals surface area contributed by atoms with Crippen LogP contribution in [0.1, 0.15) is 25.6 Å². The molecule has 0 aliphatic carbocycles. The van der Waals surface area contributed by atoms with Crippen molar-refractivity contribution in [1.29, 1.82) is 0 Å². The van der Waals surface area contributed by atoms with Gasteiger partial charge in [0.25, 0.3) is 0 Å². The minimum atomic E-state index is -1.11. The van der Waals surface area contributed by atoms with E-state index in [-0.39, 0.29) is 6.61 Å². The number of aliphatic hydroxyl groups is 1. The molecule has 0 aliphatic heterocycles. The van der Waals surface area contributed by atoms with Gasteiger partial charge in [-0.05, 0) is 5.56 Å². The summed E-state index contributed by atoms with van der Waals surface area (Å²) in [4.78, 5) is 0. The van der Waals surface area contributed by atoms with E-state index in [1.54, 1.807) is 38.1 Å². The third-order valence-electron chi connectivity index (χ3n) is 2.19. The highest BCUT2D eigenvalue weighted by molar-refractivity contribution is 5.19. The predicted molar refractivity (Wildman–Crippen MR) is 51.2 cm³/mol. The van der Waals surface area contributed by atoms with Crippen LogP contribution < -0.4 is 0 Å². The van der Waals surface area contributed by atoms with Crippen LogP contribution in [0.2, 0.25) is 0 Å². The fourth-order valence-electron chi connectivity index (χ4n) is 1.15. The quantitative estimate of drug-likeness (QED) is 0.762. The lowest BCUT2D eigenvalue weighted by molar-refractivity contribution is 0.0664. The van der Waals surface area contributed by atoms with Gasteiger partial charge in [-0.1, -0.05) is 44.2 Å². The van der Waals surface area contributed by atoms with E-state index in [2.05, 4.69) is 0 Å². The van der Waals surface area contributed by atoms with Gasteiger partial charge < -0.3 is 5.11 Å². The Morgan fingerprint density at radius 3 is 2.31 bits per heavy atom.